The minimum atomic E-state index is -1.74. The van der Waals surface area contributed by atoms with Gasteiger partial charge in [-0.2, -0.15) is 0 Å². The molecule has 6 heteroatoms. The van der Waals surface area contributed by atoms with E-state index in [0.29, 0.717) is 0 Å². The molecular weight excluding hydrogens is 216 g/mol. The van der Waals surface area contributed by atoms with E-state index in [1.54, 1.807) is 0 Å². The second kappa shape index (κ2) is 3.80. The summed E-state index contributed by atoms with van der Waals surface area (Å²) >= 11 is 0. The van der Waals surface area contributed by atoms with Gasteiger partial charge in [-0.15, -0.1) is 0 Å². The summed E-state index contributed by atoms with van der Waals surface area (Å²) in [4.78, 5) is 32.6. The van der Waals surface area contributed by atoms with Crippen LogP contribution in [-0.4, -0.2) is 33.2 Å². The summed E-state index contributed by atoms with van der Waals surface area (Å²) in [5.74, 6) is -5.23. The van der Waals surface area contributed by atoms with Crippen molar-refractivity contribution in [2.24, 2.45) is 11.3 Å². The Balaban J connectivity index is 3.26. The van der Waals surface area contributed by atoms with Gasteiger partial charge >= 0.3 is 17.9 Å². The fourth-order valence-electron chi connectivity index (χ4n) is 1.53. The van der Waals surface area contributed by atoms with Crippen molar-refractivity contribution in [2.75, 3.05) is 0 Å². The highest BCUT2D eigenvalue weighted by atomic mass is 16.4. The van der Waals surface area contributed by atoms with Crippen molar-refractivity contribution in [1.82, 2.24) is 0 Å². The predicted octanol–water partition coefficient (Wildman–Crippen LogP) is 0.359. The maximum Gasteiger partial charge on any atom is 0.335 e. The molecule has 0 amide bonds. The number of hydrogen-bond acceptors (Lipinski definition) is 3. The molecule has 6 nitrogen and oxygen atoms in total. The van der Waals surface area contributed by atoms with E-state index < -0.39 is 29.2 Å². The molecule has 0 aromatic heterocycles. The molecular formula is C10H10O6. The largest absolute Gasteiger partial charge is 0.481 e. The third kappa shape index (κ3) is 1.81. The molecule has 0 saturated carbocycles. The van der Waals surface area contributed by atoms with Crippen molar-refractivity contribution in [2.45, 2.75) is 6.92 Å². The first-order valence-electron chi connectivity index (χ1n) is 4.39. The zero-order valence-corrected chi connectivity index (χ0v) is 8.38. The molecule has 2 atom stereocenters. The van der Waals surface area contributed by atoms with Gasteiger partial charge in [-0.3, -0.25) is 9.59 Å². The van der Waals surface area contributed by atoms with Gasteiger partial charge in [0.25, 0.3) is 0 Å². The zero-order chi connectivity index (χ0) is 12.5. The molecule has 0 fully saturated rings. The normalized spacial score (nSPS) is 28.3. The Morgan fingerprint density at radius 1 is 1.25 bits per heavy atom. The Hall–Kier alpha value is -2.11. The van der Waals surface area contributed by atoms with Gasteiger partial charge in [0.1, 0.15) is 5.41 Å². The lowest BCUT2D eigenvalue weighted by molar-refractivity contribution is -0.155. The number of aliphatic carboxylic acids is 3. The molecule has 1 aliphatic rings. The Morgan fingerprint density at radius 2 is 1.81 bits per heavy atom. The highest BCUT2D eigenvalue weighted by molar-refractivity contribution is 5.95. The average molecular weight is 226 g/mol. The van der Waals surface area contributed by atoms with E-state index in [2.05, 4.69) is 0 Å². The highest BCUT2D eigenvalue weighted by Gasteiger charge is 2.45. The molecule has 3 N–H and O–H groups in total. The van der Waals surface area contributed by atoms with Crippen LogP contribution in [0.2, 0.25) is 0 Å². The van der Waals surface area contributed by atoms with E-state index in [1.807, 2.05) is 0 Å². The Bertz CT molecular complexity index is 419. The lowest BCUT2D eigenvalue weighted by atomic mass is 9.72. The van der Waals surface area contributed by atoms with E-state index >= 15 is 0 Å². The van der Waals surface area contributed by atoms with Crippen molar-refractivity contribution >= 4 is 17.9 Å². The molecule has 0 aliphatic heterocycles. The molecule has 1 aliphatic carbocycles. The molecule has 16 heavy (non-hydrogen) atoms. The highest BCUT2D eigenvalue weighted by Crippen LogP contribution is 2.36. The zero-order valence-electron chi connectivity index (χ0n) is 8.38. The Morgan fingerprint density at radius 3 is 2.19 bits per heavy atom. The van der Waals surface area contributed by atoms with Crippen LogP contribution in [-0.2, 0) is 14.4 Å². The molecule has 0 radical (unpaired) electrons. The van der Waals surface area contributed by atoms with Crippen molar-refractivity contribution in [3.63, 3.8) is 0 Å². The molecule has 86 valence electrons. The quantitative estimate of drug-likeness (QED) is 0.640. The molecule has 0 heterocycles. The van der Waals surface area contributed by atoms with Gasteiger partial charge in [0.05, 0.1) is 11.5 Å². The minimum absolute atomic E-state index is 0.220. The van der Waals surface area contributed by atoms with Crippen LogP contribution in [0.5, 0.6) is 0 Å². The topological polar surface area (TPSA) is 112 Å². The second-order valence-corrected chi connectivity index (χ2v) is 3.67. The molecule has 0 aromatic carbocycles. The summed E-state index contributed by atoms with van der Waals surface area (Å²) < 4.78 is 0. The first-order valence-corrected chi connectivity index (χ1v) is 4.39. The molecule has 0 bridgehead atoms. The number of carbonyl (C=O) groups is 3. The van der Waals surface area contributed by atoms with Crippen molar-refractivity contribution in [3.8, 4) is 0 Å². The van der Waals surface area contributed by atoms with Crippen LogP contribution in [0.25, 0.3) is 0 Å². The van der Waals surface area contributed by atoms with Crippen molar-refractivity contribution in [1.29, 1.82) is 0 Å². The first kappa shape index (κ1) is 12.0. The van der Waals surface area contributed by atoms with E-state index in [4.69, 9.17) is 15.3 Å². The molecule has 2 unspecified atom stereocenters. The third-order valence-electron chi connectivity index (χ3n) is 2.54. The Labute approximate surface area is 90.5 Å². The van der Waals surface area contributed by atoms with Crippen LogP contribution in [0.4, 0.5) is 0 Å². The van der Waals surface area contributed by atoms with Gasteiger partial charge in [-0.05, 0) is 6.92 Å². The number of rotatable bonds is 3. The van der Waals surface area contributed by atoms with E-state index in [-0.39, 0.29) is 5.57 Å². The molecule has 0 spiro atoms. The summed E-state index contributed by atoms with van der Waals surface area (Å²) in [6.45, 7) is 1.18. The lowest BCUT2D eigenvalue weighted by Gasteiger charge is -2.28. The first-order chi connectivity index (χ1) is 7.29. The minimum Gasteiger partial charge on any atom is -0.481 e. The standard InChI is InChI=1S/C10H10O6/c1-10(9(15)16)4-5(7(11)12)2-3-6(10)8(13)14/h2-4,6H,1H3,(H,11,12)(H,13,14)(H,15,16). The lowest BCUT2D eigenvalue weighted by Crippen LogP contribution is -2.39. The third-order valence-corrected chi connectivity index (χ3v) is 2.54. The predicted molar refractivity (Wildman–Crippen MR) is 51.7 cm³/mol. The maximum atomic E-state index is 11.0. The summed E-state index contributed by atoms with van der Waals surface area (Å²) in [6, 6.07) is 0. The number of carboxylic acids is 3. The van der Waals surface area contributed by atoms with Crippen LogP contribution in [0.3, 0.4) is 0 Å². The van der Waals surface area contributed by atoms with Gasteiger partial charge in [0.15, 0.2) is 0 Å². The second-order valence-electron chi connectivity index (χ2n) is 3.67. The fraction of sp³-hybridized carbons (Fsp3) is 0.300. The van der Waals surface area contributed by atoms with Gasteiger partial charge in [0, 0.05) is 0 Å². The van der Waals surface area contributed by atoms with Crippen LogP contribution in [0, 0.1) is 11.3 Å². The summed E-state index contributed by atoms with van der Waals surface area (Å²) in [5.41, 5.74) is -1.96. The molecule has 1 rings (SSSR count). The van der Waals surface area contributed by atoms with Crippen molar-refractivity contribution < 1.29 is 29.7 Å². The fourth-order valence-corrected chi connectivity index (χ4v) is 1.53. The molecule has 0 saturated heterocycles. The smallest absolute Gasteiger partial charge is 0.335 e. The van der Waals surface area contributed by atoms with E-state index in [9.17, 15) is 14.4 Å². The van der Waals surface area contributed by atoms with Gasteiger partial charge in [0.2, 0.25) is 0 Å². The average Bonchev–Trinajstić information content (AvgIpc) is 2.16. The van der Waals surface area contributed by atoms with Crippen molar-refractivity contribution in [3.05, 3.63) is 23.8 Å². The van der Waals surface area contributed by atoms with Crippen LogP contribution >= 0.6 is 0 Å². The summed E-state index contributed by atoms with van der Waals surface area (Å²) in [5, 5.41) is 26.6. The van der Waals surface area contributed by atoms with Crippen LogP contribution < -0.4 is 0 Å². The van der Waals surface area contributed by atoms with Gasteiger partial charge < -0.3 is 15.3 Å². The van der Waals surface area contributed by atoms with E-state index in [0.717, 1.165) is 18.2 Å². The Kier molecular flexibility index (Phi) is 2.84. The summed E-state index contributed by atoms with van der Waals surface area (Å²) in [7, 11) is 0. The monoisotopic (exact) mass is 226 g/mol. The van der Waals surface area contributed by atoms with Gasteiger partial charge in [-0.25, -0.2) is 4.79 Å². The SMILES string of the molecule is CC1(C(=O)O)C=C(C(=O)O)C=CC1C(=O)O. The van der Waals surface area contributed by atoms with Crippen LogP contribution in [0.1, 0.15) is 6.92 Å². The molecule has 0 aromatic rings. The number of carboxylic acid groups (broad SMARTS) is 3. The van der Waals surface area contributed by atoms with Crippen LogP contribution in [0.15, 0.2) is 23.8 Å². The maximum absolute atomic E-state index is 11.0. The summed E-state index contributed by atoms with van der Waals surface area (Å²) in [6.07, 6.45) is 3.14. The van der Waals surface area contributed by atoms with E-state index in [1.165, 1.54) is 6.92 Å². The number of hydrogen-bond donors (Lipinski definition) is 3. The van der Waals surface area contributed by atoms with Gasteiger partial charge in [-0.1, -0.05) is 18.2 Å².